The molecule has 1 saturated carbocycles. The minimum absolute atomic E-state index is 0.0820. The predicted octanol–water partition coefficient (Wildman–Crippen LogP) is 11.4. The summed E-state index contributed by atoms with van der Waals surface area (Å²) in [6.07, 6.45) is 25.7. The largest absolute Gasteiger partial charge is 0.425 e. The van der Waals surface area contributed by atoms with E-state index >= 15 is 0 Å². The highest BCUT2D eigenvalue weighted by atomic mass is 16.5. The number of benzene rings is 2. The van der Waals surface area contributed by atoms with Crippen molar-refractivity contribution in [3.63, 3.8) is 0 Å². The Morgan fingerprint density at radius 1 is 0.690 bits per heavy atom. The molecule has 0 spiro atoms. The molecule has 0 amide bonds. The second kappa shape index (κ2) is 20.3. The SMILES string of the molecule is CCCCCCCCCCc1ccc(OC(=O)C2CCC(c3ccc(CCCCCCCCC)cc3)CC2)c(C#N)c1. The van der Waals surface area contributed by atoms with E-state index in [1.165, 1.54) is 107 Å². The first-order valence-electron chi connectivity index (χ1n) is 17.5. The summed E-state index contributed by atoms with van der Waals surface area (Å²) in [4.78, 5) is 13.0. The van der Waals surface area contributed by atoms with Crippen LogP contribution in [0, 0.1) is 17.2 Å². The highest BCUT2D eigenvalue weighted by molar-refractivity contribution is 5.76. The standard InChI is InChI=1S/C39H57NO2/c1-3-5-7-9-11-13-15-17-19-33-22-29-38(37(30-33)31-40)42-39(41)36-27-25-35(26-28-36)34-23-20-32(21-24-34)18-16-14-12-10-8-6-4-2/h20-24,29-30,35-36H,3-19,25-28H2,1-2H3. The van der Waals surface area contributed by atoms with Gasteiger partial charge in [-0.2, -0.15) is 5.26 Å². The van der Waals surface area contributed by atoms with Crippen LogP contribution in [-0.4, -0.2) is 5.97 Å². The fourth-order valence-electron chi connectivity index (χ4n) is 6.47. The first-order valence-corrected chi connectivity index (χ1v) is 17.5. The van der Waals surface area contributed by atoms with Crippen molar-refractivity contribution in [1.29, 1.82) is 5.26 Å². The molecule has 0 saturated heterocycles. The van der Waals surface area contributed by atoms with E-state index < -0.39 is 0 Å². The molecule has 0 unspecified atom stereocenters. The molecular formula is C39H57NO2. The van der Waals surface area contributed by atoms with E-state index in [-0.39, 0.29) is 11.9 Å². The summed E-state index contributed by atoms with van der Waals surface area (Å²) >= 11 is 0. The molecule has 3 rings (SSSR count). The van der Waals surface area contributed by atoms with Crippen LogP contribution in [-0.2, 0) is 17.6 Å². The minimum Gasteiger partial charge on any atom is -0.425 e. The first-order chi connectivity index (χ1) is 20.6. The number of carbonyl (C=O) groups excluding carboxylic acids is 1. The van der Waals surface area contributed by atoms with Crippen LogP contribution in [0.4, 0.5) is 0 Å². The molecule has 230 valence electrons. The smallest absolute Gasteiger partial charge is 0.314 e. The lowest BCUT2D eigenvalue weighted by molar-refractivity contribution is -0.140. The van der Waals surface area contributed by atoms with Crippen LogP contribution in [0.25, 0.3) is 0 Å². The van der Waals surface area contributed by atoms with Gasteiger partial charge >= 0.3 is 5.97 Å². The van der Waals surface area contributed by atoms with Crippen LogP contribution < -0.4 is 4.74 Å². The average Bonchev–Trinajstić information content (AvgIpc) is 3.03. The number of unbranched alkanes of at least 4 members (excludes halogenated alkanes) is 13. The van der Waals surface area contributed by atoms with E-state index in [1.807, 2.05) is 18.2 Å². The Balaban J connectivity index is 1.36. The van der Waals surface area contributed by atoms with Crippen LogP contribution >= 0.6 is 0 Å². The Morgan fingerprint density at radius 3 is 1.74 bits per heavy atom. The molecule has 0 N–H and O–H groups in total. The molecule has 0 atom stereocenters. The molecule has 0 aliphatic heterocycles. The number of hydrogen-bond donors (Lipinski definition) is 0. The van der Waals surface area contributed by atoms with Crippen molar-refractivity contribution >= 4 is 5.97 Å². The number of rotatable bonds is 20. The Hall–Kier alpha value is -2.60. The van der Waals surface area contributed by atoms with Gasteiger partial charge in [-0.25, -0.2) is 0 Å². The average molecular weight is 572 g/mol. The van der Waals surface area contributed by atoms with Crippen molar-refractivity contribution in [3.8, 4) is 11.8 Å². The first kappa shape index (κ1) is 33.9. The van der Waals surface area contributed by atoms with Gasteiger partial charge in [0.05, 0.1) is 11.5 Å². The maximum Gasteiger partial charge on any atom is 0.314 e. The summed E-state index contributed by atoms with van der Waals surface area (Å²) in [5.74, 6) is 0.681. The molecule has 0 radical (unpaired) electrons. The highest BCUT2D eigenvalue weighted by Crippen LogP contribution is 2.37. The Kier molecular flexibility index (Phi) is 16.4. The molecular weight excluding hydrogens is 514 g/mol. The topological polar surface area (TPSA) is 50.1 Å². The predicted molar refractivity (Wildman–Crippen MR) is 176 cm³/mol. The molecule has 1 fully saturated rings. The molecule has 3 heteroatoms. The molecule has 0 heterocycles. The summed E-state index contributed by atoms with van der Waals surface area (Å²) in [6, 6.07) is 17.3. The van der Waals surface area contributed by atoms with Crippen LogP contribution in [0.2, 0.25) is 0 Å². The zero-order valence-electron chi connectivity index (χ0n) is 26.8. The van der Waals surface area contributed by atoms with Gasteiger partial charge in [-0.3, -0.25) is 4.79 Å². The van der Waals surface area contributed by atoms with Crippen molar-refractivity contribution in [2.75, 3.05) is 0 Å². The van der Waals surface area contributed by atoms with Crippen LogP contribution in [0.3, 0.4) is 0 Å². The van der Waals surface area contributed by atoms with Crippen molar-refractivity contribution in [3.05, 3.63) is 64.7 Å². The van der Waals surface area contributed by atoms with Crippen molar-refractivity contribution in [2.45, 2.75) is 155 Å². The van der Waals surface area contributed by atoms with Gasteiger partial charge < -0.3 is 4.74 Å². The number of ether oxygens (including phenoxy) is 1. The summed E-state index contributed by atoms with van der Waals surface area (Å²) in [7, 11) is 0. The number of hydrogen-bond acceptors (Lipinski definition) is 3. The van der Waals surface area contributed by atoms with Crippen molar-refractivity contribution in [2.24, 2.45) is 5.92 Å². The van der Waals surface area contributed by atoms with E-state index in [2.05, 4.69) is 44.2 Å². The molecule has 42 heavy (non-hydrogen) atoms. The third-order valence-corrected chi connectivity index (χ3v) is 9.27. The lowest BCUT2D eigenvalue weighted by Gasteiger charge is -2.27. The minimum atomic E-state index is -0.175. The second-order valence-electron chi connectivity index (χ2n) is 12.7. The maximum absolute atomic E-state index is 13.0. The zero-order valence-corrected chi connectivity index (χ0v) is 26.8. The second-order valence-corrected chi connectivity index (χ2v) is 12.7. The van der Waals surface area contributed by atoms with Gasteiger partial charge in [-0.15, -0.1) is 0 Å². The molecule has 1 aliphatic rings. The maximum atomic E-state index is 13.0. The Labute approximate surface area is 257 Å². The number of esters is 1. The van der Waals surface area contributed by atoms with Gasteiger partial charge in [-0.05, 0) is 86.1 Å². The van der Waals surface area contributed by atoms with Crippen LogP contribution in [0.1, 0.15) is 164 Å². The van der Waals surface area contributed by atoms with Crippen LogP contribution in [0.15, 0.2) is 42.5 Å². The molecule has 0 bridgehead atoms. The molecule has 2 aromatic rings. The fourth-order valence-corrected chi connectivity index (χ4v) is 6.47. The molecule has 2 aromatic carbocycles. The lowest BCUT2D eigenvalue weighted by atomic mass is 9.78. The summed E-state index contributed by atoms with van der Waals surface area (Å²) in [5.41, 5.74) is 4.49. The van der Waals surface area contributed by atoms with E-state index in [0.717, 1.165) is 44.1 Å². The molecule has 1 aliphatic carbocycles. The monoisotopic (exact) mass is 571 g/mol. The van der Waals surface area contributed by atoms with E-state index in [9.17, 15) is 10.1 Å². The van der Waals surface area contributed by atoms with Crippen LogP contribution in [0.5, 0.6) is 5.75 Å². The normalized spacial score (nSPS) is 16.7. The van der Waals surface area contributed by atoms with E-state index in [4.69, 9.17) is 4.74 Å². The number of aryl methyl sites for hydroxylation is 2. The van der Waals surface area contributed by atoms with Gasteiger partial charge in [-0.1, -0.05) is 128 Å². The zero-order chi connectivity index (χ0) is 29.8. The summed E-state index contributed by atoms with van der Waals surface area (Å²) in [6.45, 7) is 4.53. The van der Waals surface area contributed by atoms with Crippen molar-refractivity contribution < 1.29 is 9.53 Å². The number of nitriles is 1. The van der Waals surface area contributed by atoms with Gasteiger partial charge in [0, 0.05) is 0 Å². The summed E-state index contributed by atoms with van der Waals surface area (Å²) in [5, 5.41) is 9.72. The summed E-state index contributed by atoms with van der Waals surface area (Å²) < 4.78 is 5.79. The van der Waals surface area contributed by atoms with Gasteiger partial charge in [0.25, 0.3) is 0 Å². The Bertz CT molecular complexity index is 1060. The number of nitrogens with zero attached hydrogens (tertiary/aromatic N) is 1. The quantitative estimate of drug-likeness (QED) is 0.0902. The van der Waals surface area contributed by atoms with E-state index in [1.54, 1.807) is 0 Å². The molecule has 0 aromatic heterocycles. The highest BCUT2D eigenvalue weighted by Gasteiger charge is 2.29. The number of carbonyl (C=O) groups is 1. The molecule has 3 nitrogen and oxygen atoms in total. The fraction of sp³-hybridized carbons (Fsp3) is 0.641. The van der Waals surface area contributed by atoms with E-state index in [0.29, 0.717) is 17.2 Å². The lowest BCUT2D eigenvalue weighted by Crippen LogP contribution is -2.25. The third-order valence-electron chi connectivity index (χ3n) is 9.27. The third kappa shape index (κ3) is 12.3. The van der Waals surface area contributed by atoms with Gasteiger partial charge in [0.1, 0.15) is 11.8 Å². The van der Waals surface area contributed by atoms with Crippen molar-refractivity contribution in [1.82, 2.24) is 0 Å². The van der Waals surface area contributed by atoms with Gasteiger partial charge in [0.2, 0.25) is 0 Å². The Morgan fingerprint density at radius 2 is 1.19 bits per heavy atom. The van der Waals surface area contributed by atoms with Gasteiger partial charge in [0.15, 0.2) is 0 Å².